The molecule has 1 heterocycles. The van der Waals surface area contributed by atoms with Crippen LogP contribution in [0.5, 0.6) is 0 Å². The molecule has 0 saturated heterocycles. The van der Waals surface area contributed by atoms with Crippen LogP contribution < -0.4 is 5.32 Å². The summed E-state index contributed by atoms with van der Waals surface area (Å²) in [6.07, 6.45) is 4.26. The molecule has 1 aromatic rings. The zero-order valence-corrected chi connectivity index (χ0v) is 14.2. The van der Waals surface area contributed by atoms with E-state index in [9.17, 15) is 5.11 Å². The molecular formula is C16H26ClN3O. The molecule has 2 rings (SSSR count). The van der Waals surface area contributed by atoms with Crippen LogP contribution in [0.25, 0.3) is 0 Å². The lowest BCUT2D eigenvalue weighted by molar-refractivity contribution is 0.149. The fourth-order valence-corrected chi connectivity index (χ4v) is 3.23. The van der Waals surface area contributed by atoms with Crippen LogP contribution in [0, 0.1) is 5.92 Å². The number of anilines is 1. The fourth-order valence-electron chi connectivity index (χ4n) is 3.05. The van der Waals surface area contributed by atoms with Gasteiger partial charge in [0.2, 0.25) is 0 Å². The quantitative estimate of drug-likeness (QED) is 0.834. The largest absolute Gasteiger partial charge is 0.394 e. The van der Waals surface area contributed by atoms with Crippen molar-refractivity contribution in [1.82, 2.24) is 9.97 Å². The van der Waals surface area contributed by atoms with Crippen molar-refractivity contribution in [2.75, 3.05) is 11.9 Å². The second-order valence-electron chi connectivity index (χ2n) is 7.41. The number of aliphatic hydroxyl groups excluding tert-OH is 1. The lowest BCUT2D eigenvalue weighted by Crippen LogP contribution is -2.46. The van der Waals surface area contributed by atoms with Crippen molar-refractivity contribution in [1.29, 1.82) is 0 Å². The van der Waals surface area contributed by atoms with Crippen LogP contribution in [-0.2, 0) is 5.41 Å². The van der Waals surface area contributed by atoms with E-state index < -0.39 is 0 Å². The minimum absolute atomic E-state index is 0.115. The van der Waals surface area contributed by atoms with Crippen molar-refractivity contribution >= 4 is 17.4 Å². The number of hydrogen-bond donors (Lipinski definition) is 2. The fraction of sp³-hybridized carbons (Fsp3) is 0.750. The van der Waals surface area contributed by atoms with Gasteiger partial charge in [-0.05, 0) is 18.8 Å². The van der Waals surface area contributed by atoms with E-state index in [1.54, 1.807) is 6.07 Å². The third-order valence-electron chi connectivity index (χ3n) is 4.15. The minimum atomic E-state index is -0.287. The van der Waals surface area contributed by atoms with E-state index in [-0.39, 0.29) is 17.6 Å². The first-order valence-corrected chi connectivity index (χ1v) is 8.06. The molecule has 2 N–H and O–H groups in total. The highest BCUT2D eigenvalue weighted by atomic mass is 35.5. The third kappa shape index (κ3) is 4.07. The Hall–Kier alpha value is -0.870. The molecule has 118 valence electrons. The van der Waals surface area contributed by atoms with Gasteiger partial charge in [-0.1, -0.05) is 52.1 Å². The first kappa shape index (κ1) is 16.5. The lowest BCUT2D eigenvalue weighted by Gasteiger charge is -2.40. The molecule has 1 fully saturated rings. The Labute approximate surface area is 132 Å². The van der Waals surface area contributed by atoms with Crippen LogP contribution in [-0.4, -0.2) is 27.2 Å². The SMILES string of the molecule is CC1CCCC(CO)(Nc2cc(Cl)nc(C(C)(C)C)n2)C1. The lowest BCUT2D eigenvalue weighted by atomic mass is 9.77. The van der Waals surface area contributed by atoms with Gasteiger partial charge in [-0.3, -0.25) is 0 Å². The summed E-state index contributed by atoms with van der Waals surface area (Å²) < 4.78 is 0. The van der Waals surface area contributed by atoms with E-state index in [1.165, 1.54) is 6.42 Å². The number of halogens is 1. The van der Waals surface area contributed by atoms with Crippen LogP contribution >= 0.6 is 11.6 Å². The Morgan fingerprint density at radius 2 is 2.14 bits per heavy atom. The van der Waals surface area contributed by atoms with Gasteiger partial charge in [-0.25, -0.2) is 9.97 Å². The molecule has 2 unspecified atom stereocenters. The van der Waals surface area contributed by atoms with Crippen molar-refractivity contribution in [3.63, 3.8) is 0 Å². The summed E-state index contributed by atoms with van der Waals surface area (Å²) in [6.45, 7) is 8.54. The average molecular weight is 312 g/mol. The van der Waals surface area contributed by atoms with Gasteiger partial charge >= 0.3 is 0 Å². The predicted octanol–water partition coefficient (Wildman–Crippen LogP) is 3.78. The van der Waals surface area contributed by atoms with Gasteiger partial charge < -0.3 is 10.4 Å². The Morgan fingerprint density at radius 3 is 2.71 bits per heavy atom. The summed E-state index contributed by atoms with van der Waals surface area (Å²) in [5, 5.41) is 13.8. The third-order valence-corrected chi connectivity index (χ3v) is 4.35. The van der Waals surface area contributed by atoms with Crippen molar-refractivity contribution in [2.45, 2.75) is 64.3 Å². The summed E-state index contributed by atoms with van der Waals surface area (Å²) >= 11 is 6.14. The molecule has 0 bridgehead atoms. The van der Waals surface area contributed by atoms with Crippen LogP contribution in [0.1, 0.15) is 59.2 Å². The van der Waals surface area contributed by atoms with Crippen molar-refractivity contribution in [2.24, 2.45) is 5.92 Å². The van der Waals surface area contributed by atoms with Gasteiger partial charge in [0.25, 0.3) is 0 Å². The Bertz CT molecular complexity index is 501. The minimum Gasteiger partial charge on any atom is -0.394 e. The standard InChI is InChI=1S/C16H26ClN3O/c1-11-6-5-7-16(9-11,10-21)20-13-8-12(17)18-14(19-13)15(2,3)4/h8,11,21H,5-7,9-10H2,1-4H3,(H,18,19,20). The highest BCUT2D eigenvalue weighted by molar-refractivity contribution is 6.29. The molecule has 0 spiro atoms. The molecule has 0 aliphatic heterocycles. The molecular weight excluding hydrogens is 286 g/mol. The molecule has 5 heteroatoms. The Morgan fingerprint density at radius 1 is 1.43 bits per heavy atom. The Balaban J connectivity index is 2.27. The van der Waals surface area contributed by atoms with Gasteiger partial charge in [0, 0.05) is 11.5 Å². The average Bonchev–Trinajstić information content (AvgIpc) is 2.37. The second-order valence-corrected chi connectivity index (χ2v) is 7.80. The molecule has 0 radical (unpaired) electrons. The molecule has 0 aromatic carbocycles. The molecule has 0 amide bonds. The van der Waals surface area contributed by atoms with Gasteiger partial charge in [0.05, 0.1) is 12.1 Å². The van der Waals surface area contributed by atoms with Crippen LogP contribution in [0.3, 0.4) is 0 Å². The zero-order valence-electron chi connectivity index (χ0n) is 13.4. The van der Waals surface area contributed by atoms with E-state index in [0.29, 0.717) is 16.9 Å². The molecule has 1 aliphatic rings. The van der Waals surface area contributed by atoms with Crippen molar-refractivity contribution < 1.29 is 5.11 Å². The summed E-state index contributed by atoms with van der Waals surface area (Å²) in [5.74, 6) is 2.04. The number of rotatable bonds is 3. The smallest absolute Gasteiger partial charge is 0.137 e. The summed E-state index contributed by atoms with van der Waals surface area (Å²) in [5.41, 5.74) is -0.446. The van der Waals surface area contributed by atoms with E-state index in [4.69, 9.17) is 11.6 Å². The van der Waals surface area contributed by atoms with Gasteiger partial charge in [0.1, 0.15) is 16.8 Å². The molecule has 21 heavy (non-hydrogen) atoms. The van der Waals surface area contributed by atoms with E-state index in [0.717, 1.165) is 25.1 Å². The van der Waals surface area contributed by atoms with Crippen LogP contribution in [0.15, 0.2) is 6.07 Å². The van der Waals surface area contributed by atoms with E-state index in [1.807, 2.05) is 0 Å². The van der Waals surface area contributed by atoms with Gasteiger partial charge in [-0.2, -0.15) is 0 Å². The highest BCUT2D eigenvalue weighted by Gasteiger charge is 2.35. The predicted molar refractivity (Wildman–Crippen MR) is 86.8 cm³/mol. The van der Waals surface area contributed by atoms with E-state index >= 15 is 0 Å². The van der Waals surface area contributed by atoms with Crippen molar-refractivity contribution in [3.05, 3.63) is 17.0 Å². The normalized spacial score (nSPS) is 26.7. The monoisotopic (exact) mass is 311 g/mol. The molecule has 1 aromatic heterocycles. The van der Waals surface area contributed by atoms with Gasteiger partial charge in [-0.15, -0.1) is 0 Å². The van der Waals surface area contributed by atoms with Crippen molar-refractivity contribution in [3.8, 4) is 0 Å². The summed E-state index contributed by atoms with van der Waals surface area (Å²) in [7, 11) is 0. The topological polar surface area (TPSA) is 58.0 Å². The first-order valence-electron chi connectivity index (χ1n) is 7.68. The number of nitrogens with one attached hydrogen (secondary N) is 1. The van der Waals surface area contributed by atoms with Crippen LogP contribution in [0.2, 0.25) is 5.15 Å². The van der Waals surface area contributed by atoms with Gasteiger partial charge in [0.15, 0.2) is 0 Å². The molecule has 1 saturated carbocycles. The number of aromatic nitrogens is 2. The van der Waals surface area contributed by atoms with E-state index in [2.05, 4.69) is 43.0 Å². The zero-order chi connectivity index (χ0) is 15.7. The van der Waals surface area contributed by atoms with Crippen LogP contribution in [0.4, 0.5) is 5.82 Å². The number of hydrogen-bond acceptors (Lipinski definition) is 4. The molecule has 4 nitrogen and oxygen atoms in total. The first-order chi connectivity index (χ1) is 9.74. The number of aliphatic hydroxyl groups is 1. The maximum Gasteiger partial charge on any atom is 0.137 e. The Kier molecular flexibility index (Phi) is 4.79. The maximum absolute atomic E-state index is 9.88. The summed E-state index contributed by atoms with van der Waals surface area (Å²) in [4.78, 5) is 8.91. The highest BCUT2D eigenvalue weighted by Crippen LogP contribution is 2.35. The second kappa shape index (κ2) is 6.09. The molecule has 1 aliphatic carbocycles. The summed E-state index contributed by atoms with van der Waals surface area (Å²) in [6, 6.07) is 1.74. The maximum atomic E-state index is 9.88. The number of nitrogens with zero attached hydrogens (tertiary/aromatic N) is 2. The molecule has 2 atom stereocenters.